The lowest BCUT2D eigenvalue weighted by Gasteiger charge is -2.31. The van der Waals surface area contributed by atoms with E-state index < -0.39 is 0 Å². The summed E-state index contributed by atoms with van der Waals surface area (Å²) in [5.41, 5.74) is 1.44. The molecule has 0 saturated carbocycles. The molecule has 0 aromatic rings. The van der Waals surface area contributed by atoms with Crippen LogP contribution < -0.4 is 0 Å². The smallest absolute Gasteiger partial charge is 0.0300 e. The van der Waals surface area contributed by atoms with E-state index in [0.29, 0.717) is 0 Å². The Morgan fingerprint density at radius 1 is 1.21 bits per heavy atom. The van der Waals surface area contributed by atoms with Crippen LogP contribution in [0.2, 0.25) is 0 Å². The van der Waals surface area contributed by atoms with E-state index in [-0.39, 0.29) is 0 Å². The normalized spacial score (nSPS) is 20.8. The molecular formula is C12H22N2. The molecule has 1 fully saturated rings. The molecule has 0 aliphatic carbocycles. The maximum absolute atomic E-state index is 2.39. The van der Waals surface area contributed by atoms with Crippen LogP contribution in [0.25, 0.3) is 0 Å². The third-order valence-electron chi connectivity index (χ3n) is 2.77. The molecule has 0 aromatic carbocycles. The summed E-state index contributed by atoms with van der Waals surface area (Å²) in [5, 5.41) is 0. The van der Waals surface area contributed by atoms with Gasteiger partial charge in [-0.25, -0.2) is 0 Å². The van der Waals surface area contributed by atoms with Gasteiger partial charge in [-0.15, -0.1) is 0 Å². The van der Waals surface area contributed by atoms with Gasteiger partial charge in [0.15, 0.2) is 0 Å². The fourth-order valence-corrected chi connectivity index (χ4v) is 1.42. The van der Waals surface area contributed by atoms with Gasteiger partial charge in [0.05, 0.1) is 0 Å². The minimum atomic E-state index is 1.15. The van der Waals surface area contributed by atoms with E-state index in [1.165, 1.54) is 18.7 Å². The van der Waals surface area contributed by atoms with Crippen LogP contribution >= 0.6 is 0 Å². The van der Waals surface area contributed by atoms with E-state index in [2.05, 4.69) is 49.0 Å². The first-order valence-electron chi connectivity index (χ1n) is 5.49. The molecule has 1 saturated heterocycles. The van der Waals surface area contributed by atoms with E-state index >= 15 is 0 Å². The third-order valence-corrected chi connectivity index (χ3v) is 2.77. The van der Waals surface area contributed by atoms with Gasteiger partial charge >= 0.3 is 0 Å². The lowest BCUT2D eigenvalue weighted by molar-refractivity contribution is 0.198. The number of nitrogens with zero attached hydrogens (tertiary/aromatic N) is 2. The highest BCUT2D eigenvalue weighted by Crippen LogP contribution is 2.01. The van der Waals surface area contributed by atoms with Crippen LogP contribution in [-0.4, -0.2) is 43.0 Å². The number of piperazine rings is 1. The first kappa shape index (κ1) is 11.3. The highest BCUT2D eigenvalue weighted by molar-refractivity contribution is 5.09. The predicted molar refractivity (Wildman–Crippen MR) is 62.3 cm³/mol. The Bertz CT molecular complexity index is 210. The van der Waals surface area contributed by atoms with E-state index in [0.717, 1.165) is 19.5 Å². The van der Waals surface area contributed by atoms with Gasteiger partial charge in [0, 0.05) is 26.2 Å². The first-order valence-corrected chi connectivity index (χ1v) is 5.49. The quantitative estimate of drug-likeness (QED) is 0.635. The van der Waals surface area contributed by atoms with E-state index in [1.807, 2.05) is 0 Å². The molecule has 1 heterocycles. The summed E-state index contributed by atoms with van der Waals surface area (Å²) in [6.07, 6.45) is 7.74. The third kappa shape index (κ3) is 3.97. The van der Waals surface area contributed by atoms with Crippen molar-refractivity contribution in [3.63, 3.8) is 0 Å². The highest BCUT2D eigenvalue weighted by Gasteiger charge is 2.08. The molecule has 0 atom stereocenters. The largest absolute Gasteiger partial charge is 0.375 e. The SMILES string of the molecule is CC/C(C)=C/C=C/N1CCN(C)CC1. The average molecular weight is 194 g/mol. The Labute approximate surface area is 87.9 Å². The van der Waals surface area contributed by atoms with Crippen LogP contribution in [0.3, 0.4) is 0 Å². The van der Waals surface area contributed by atoms with Gasteiger partial charge in [-0.05, 0) is 32.7 Å². The molecule has 1 rings (SSSR count). The van der Waals surface area contributed by atoms with E-state index in [4.69, 9.17) is 0 Å². The summed E-state index contributed by atoms with van der Waals surface area (Å²) in [4.78, 5) is 4.76. The van der Waals surface area contributed by atoms with Crippen LogP contribution in [0.1, 0.15) is 20.3 Å². The molecule has 0 bridgehead atoms. The van der Waals surface area contributed by atoms with Crippen LogP contribution in [0.5, 0.6) is 0 Å². The molecule has 0 N–H and O–H groups in total. The lowest BCUT2D eigenvalue weighted by atomic mass is 10.2. The van der Waals surface area contributed by atoms with Crippen molar-refractivity contribution >= 4 is 0 Å². The van der Waals surface area contributed by atoms with Crippen molar-refractivity contribution in [2.75, 3.05) is 33.2 Å². The summed E-state index contributed by atoms with van der Waals surface area (Å²) in [6.45, 7) is 9.05. The monoisotopic (exact) mass is 194 g/mol. The number of hydrogen-bond acceptors (Lipinski definition) is 2. The number of rotatable bonds is 3. The summed E-state index contributed by atoms with van der Waals surface area (Å²) in [5.74, 6) is 0. The van der Waals surface area contributed by atoms with Gasteiger partial charge < -0.3 is 9.80 Å². The predicted octanol–water partition coefficient (Wildman–Crippen LogP) is 2.10. The van der Waals surface area contributed by atoms with Gasteiger partial charge in [0.2, 0.25) is 0 Å². The number of allylic oxidation sites excluding steroid dienone is 3. The fourth-order valence-electron chi connectivity index (χ4n) is 1.42. The molecule has 0 aromatic heterocycles. The van der Waals surface area contributed by atoms with E-state index in [1.54, 1.807) is 0 Å². The first-order chi connectivity index (χ1) is 6.72. The maximum atomic E-state index is 2.39. The second kappa shape index (κ2) is 5.86. The van der Waals surface area contributed by atoms with Crippen LogP contribution in [-0.2, 0) is 0 Å². The number of likely N-dealkylation sites (N-methyl/N-ethyl adjacent to an activating group) is 1. The standard InChI is InChI=1S/C12H22N2/c1-4-12(2)6-5-7-14-10-8-13(3)9-11-14/h5-7H,4,8-11H2,1-3H3/b7-5+,12-6+. The zero-order chi connectivity index (χ0) is 10.4. The minimum Gasteiger partial charge on any atom is -0.375 e. The van der Waals surface area contributed by atoms with Gasteiger partial charge in [0.1, 0.15) is 0 Å². The molecular weight excluding hydrogens is 172 g/mol. The zero-order valence-corrected chi connectivity index (χ0v) is 9.66. The molecule has 0 radical (unpaired) electrons. The van der Waals surface area contributed by atoms with Crippen molar-refractivity contribution in [3.05, 3.63) is 23.9 Å². The van der Waals surface area contributed by atoms with Crippen LogP contribution in [0.15, 0.2) is 23.9 Å². The van der Waals surface area contributed by atoms with Crippen molar-refractivity contribution in [1.29, 1.82) is 0 Å². The van der Waals surface area contributed by atoms with Crippen LogP contribution in [0.4, 0.5) is 0 Å². The zero-order valence-electron chi connectivity index (χ0n) is 9.66. The lowest BCUT2D eigenvalue weighted by Crippen LogP contribution is -2.41. The van der Waals surface area contributed by atoms with Crippen molar-refractivity contribution in [1.82, 2.24) is 9.80 Å². The summed E-state index contributed by atoms with van der Waals surface area (Å²) in [6, 6.07) is 0. The van der Waals surface area contributed by atoms with Crippen molar-refractivity contribution in [2.45, 2.75) is 20.3 Å². The average Bonchev–Trinajstić information content (AvgIpc) is 2.21. The van der Waals surface area contributed by atoms with Crippen molar-refractivity contribution in [3.8, 4) is 0 Å². The Hall–Kier alpha value is -0.760. The second-order valence-electron chi connectivity index (χ2n) is 4.05. The van der Waals surface area contributed by atoms with Gasteiger partial charge in [-0.2, -0.15) is 0 Å². The molecule has 0 unspecified atom stereocenters. The second-order valence-corrected chi connectivity index (χ2v) is 4.05. The van der Waals surface area contributed by atoms with Crippen LogP contribution in [0, 0.1) is 0 Å². The molecule has 14 heavy (non-hydrogen) atoms. The maximum Gasteiger partial charge on any atom is 0.0300 e. The van der Waals surface area contributed by atoms with Crippen molar-refractivity contribution < 1.29 is 0 Å². The fraction of sp³-hybridized carbons (Fsp3) is 0.667. The van der Waals surface area contributed by atoms with E-state index in [9.17, 15) is 0 Å². The number of hydrogen-bond donors (Lipinski definition) is 0. The topological polar surface area (TPSA) is 6.48 Å². The molecule has 2 nitrogen and oxygen atoms in total. The molecule has 1 aliphatic heterocycles. The molecule has 2 heteroatoms. The molecule has 80 valence electrons. The van der Waals surface area contributed by atoms with Crippen molar-refractivity contribution in [2.24, 2.45) is 0 Å². The van der Waals surface area contributed by atoms with Gasteiger partial charge in [-0.1, -0.05) is 18.6 Å². The Morgan fingerprint density at radius 2 is 1.86 bits per heavy atom. The summed E-state index contributed by atoms with van der Waals surface area (Å²) in [7, 11) is 2.18. The molecule has 0 amide bonds. The van der Waals surface area contributed by atoms with Gasteiger partial charge in [0.25, 0.3) is 0 Å². The minimum absolute atomic E-state index is 1.15. The van der Waals surface area contributed by atoms with Gasteiger partial charge in [-0.3, -0.25) is 0 Å². The summed E-state index contributed by atoms with van der Waals surface area (Å²) < 4.78 is 0. The Balaban J connectivity index is 2.30. The molecule has 0 spiro atoms. The summed E-state index contributed by atoms with van der Waals surface area (Å²) >= 11 is 0. The Morgan fingerprint density at radius 3 is 2.43 bits per heavy atom. The highest BCUT2D eigenvalue weighted by atomic mass is 15.2. The molecule has 1 aliphatic rings. The Kier molecular flexibility index (Phi) is 4.74.